The van der Waals surface area contributed by atoms with Crippen molar-refractivity contribution in [3.05, 3.63) is 63.1 Å². The van der Waals surface area contributed by atoms with Gasteiger partial charge in [0.15, 0.2) is 0 Å². The highest BCUT2D eigenvalue weighted by Crippen LogP contribution is 2.30. The maximum absolute atomic E-state index is 11.0. The van der Waals surface area contributed by atoms with Gasteiger partial charge in [-0.15, -0.1) is 0 Å². The zero-order chi connectivity index (χ0) is 17.0. The number of aliphatic carboxylic acids is 1. The molecule has 3 N–H and O–H groups in total. The number of carbonyl (C=O) groups is 1. The third kappa shape index (κ3) is 4.86. The Balaban J connectivity index is 2.30. The van der Waals surface area contributed by atoms with E-state index in [4.69, 9.17) is 45.3 Å². The molecule has 2 aromatic carbocycles. The van der Waals surface area contributed by atoms with E-state index in [0.29, 0.717) is 20.8 Å². The van der Waals surface area contributed by atoms with Gasteiger partial charge in [0.25, 0.3) is 0 Å². The van der Waals surface area contributed by atoms with E-state index in [2.05, 4.69) is 5.32 Å². The lowest BCUT2D eigenvalue weighted by atomic mass is 10.0. The Bertz CT molecular complexity index is 733. The topological polar surface area (TPSA) is 73.2 Å². The highest BCUT2D eigenvalue weighted by atomic mass is 35.5. The minimum Gasteiger partial charge on any atom is -0.477 e. The Morgan fingerprint density at radius 3 is 2.26 bits per heavy atom. The summed E-state index contributed by atoms with van der Waals surface area (Å²) in [6, 6.07) is 11.5. The number of halogens is 3. The van der Waals surface area contributed by atoms with E-state index in [9.17, 15) is 4.79 Å². The molecule has 0 aliphatic rings. The van der Waals surface area contributed by atoms with Crippen LogP contribution in [0.4, 0.5) is 5.69 Å². The zero-order valence-electron chi connectivity index (χ0n) is 11.8. The smallest absolute Gasteiger partial charge is 0.349 e. The SMILES string of the molecule is N=C(CC(Nc1ccc(Cl)cc1Cl)c1ccc(Cl)cc1)C(=O)O. The normalized spacial score (nSPS) is 11.8. The molecule has 0 heterocycles. The van der Waals surface area contributed by atoms with E-state index in [1.165, 1.54) is 0 Å². The molecular formula is C16H13Cl3N2O2. The minimum atomic E-state index is -1.26. The quantitative estimate of drug-likeness (QED) is 0.604. The molecule has 1 atom stereocenters. The monoisotopic (exact) mass is 370 g/mol. The third-order valence-electron chi connectivity index (χ3n) is 3.20. The fourth-order valence-electron chi connectivity index (χ4n) is 2.03. The van der Waals surface area contributed by atoms with Gasteiger partial charge in [0.05, 0.1) is 16.8 Å². The Morgan fingerprint density at radius 1 is 1.09 bits per heavy atom. The summed E-state index contributed by atoms with van der Waals surface area (Å²) in [5.41, 5.74) is 1.00. The van der Waals surface area contributed by atoms with Gasteiger partial charge in [0.1, 0.15) is 5.71 Å². The van der Waals surface area contributed by atoms with Crippen molar-refractivity contribution < 1.29 is 9.90 Å². The van der Waals surface area contributed by atoms with Crippen LogP contribution in [0.15, 0.2) is 42.5 Å². The number of anilines is 1. The van der Waals surface area contributed by atoms with Crippen molar-refractivity contribution in [2.45, 2.75) is 12.5 Å². The number of hydrogen-bond donors (Lipinski definition) is 3. The van der Waals surface area contributed by atoms with Crippen molar-refractivity contribution in [3.8, 4) is 0 Å². The molecule has 23 heavy (non-hydrogen) atoms. The molecule has 0 saturated carbocycles. The van der Waals surface area contributed by atoms with Gasteiger partial charge in [0, 0.05) is 16.5 Å². The zero-order valence-corrected chi connectivity index (χ0v) is 14.1. The molecule has 0 aliphatic carbocycles. The first kappa shape index (κ1) is 17.6. The van der Waals surface area contributed by atoms with Crippen molar-refractivity contribution in [1.29, 1.82) is 5.41 Å². The molecule has 0 aromatic heterocycles. The fourth-order valence-corrected chi connectivity index (χ4v) is 2.62. The summed E-state index contributed by atoms with van der Waals surface area (Å²) in [5.74, 6) is -1.26. The molecule has 0 amide bonds. The standard InChI is InChI=1S/C16H13Cl3N2O2/c17-10-3-1-9(2-4-10)15(8-13(20)16(22)23)21-14-6-5-11(18)7-12(14)19/h1-7,15,20-21H,8H2,(H,22,23). The average molecular weight is 372 g/mol. The van der Waals surface area contributed by atoms with Gasteiger partial charge in [-0.1, -0.05) is 46.9 Å². The Kier molecular flexibility index (Phi) is 5.88. The number of carboxylic acid groups (broad SMARTS) is 1. The van der Waals surface area contributed by atoms with Crippen LogP contribution in [0.5, 0.6) is 0 Å². The fraction of sp³-hybridized carbons (Fsp3) is 0.125. The molecule has 2 aromatic rings. The van der Waals surface area contributed by atoms with Crippen LogP contribution >= 0.6 is 34.8 Å². The number of hydrogen-bond acceptors (Lipinski definition) is 3. The number of benzene rings is 2. The van der Waals surface area contributed by atoms with E-state index in [0.717, 1.165) is 5.56 Å². The molecule has 0 aliphatic heterocycles. The van der Waals surface area contributed by atoms with Gasteiger partial charge in [-0.2, -0.15) is 0 Å². The molecule has 0 fully saturated rings. The van der Waals surface area contributed by atoms with Crippen molar-refractivity contribution >= 4 is 52.2 Å². The van der Waals surface area contributed by atoms with Crippen molar-refractivity contribution in [1.82, 2.24) is 0 Å². The Morgan fingerprint density at radius 2 is 1.70 bits per heavy atom. The lowest BCUT2D eigenvalue weighted by Crippen LogP contribution is -2.20. The van der Waals surface area contributed by atoms with Gasteiger partial charge in [0.2, 0.25) is 0 Å². The van der Waals surface area contributed by atoms with Gasteiger partial charge < -0.3 is 10.4 Å². The number of rotatable bonds is 6. The lowest BCUT2D eigenvalue weighted by Gasteiger charge is -2.21. The predicted octanol–water partition coefficient (Wildman–Crippen LogP) is 5.29. The molecule has 0 radical (unpaired) electrons. The summed E-state index contributed by atoms with van der Waals surface area (Å²) in [5, 5.41) is 21.2. The van der Waals surface area contributed by atoms with Gasteiger partial charge in [-0.25, -0.2) is 4.79 Å². The summed E-state index contributed by atoms with van der Waals surface area (Å²) >= 11 is 17.9. The van der Waals surface area contributed by atoms with E-state index in [1.54, 1.807) is 42.5 Å². The number of nitrogens with one attached hydrogen (secondary N) is 2. The van der Waals surface area contributed by atoms with Gasteiger partial charge >= 0.3 is 5.97 Å². The Hall–Kier alpha value is -1.75. The number of carboxylic acids is 1. The van der Waals surface area contributed by atoms with Crippen LogP contribution in [0.3, 0.4) is 0 Å². The summed E-state index contributed by atoms with van der Waals surface area (Å²) < 4.78 is 0. The van der Waals surface area contributed by atoms with Crippen molar-refractivity contribution in [2.75, 3.05) is 5.32 Å². The Labute approximate surface area is 148 Å². The van der Waals surface area contributed by atoms with Crippen molar-refractivity contribution in [2.24, 2.45) is 0 Å². The average Bonchev–Trinajstić information content (AvgIpc) is 2.49. The van der Waals surface area contributed by atoms with Crippen LogP contribution in [0.25, 0.3) is 0 Å². The second-order valence-electron chi connectivity index (χ2n) is 4.86. The highest BCUT2D eigenvalue weighted by Gasteiger charge is 2.19. The predicted molar refractivity (Wildman–Crippen MR) is 94.3 cm³/mol. The first-order valence-corrected chi connectivity index (χ1v) is 7.78. The lowest BCUT2D eigenvalue weighted by molar-refractivity contribution is -0.129. The van der Waals surface area contributed by atoms with E-state index >= 15 is 0 Å². The second kappa shape index (κ2) is 7.68. The summed E-state index contributed by atoms with van der Waals surface area (Å²) in [6.07, 6.45) is -0.00405. The molecule has 120 valence electrons. The summed E-state index contributed by atoms with van der Waals surface area (Å²) in [4.78, 5) is 11.0. The van der Waals surface area contributed by atoms with Crippen LogP contribution in [0.2, 0.25) is 15.1 Å². The van der Waals surface area contributed by atoms with Crippen LogP contribution in [-0.2, 0) is 4.79 Å². The minimum absolute atomic E-state index is 0.00405. The highest BCUT2D eigenvalue weighted by molar-refractivity contribution is 6.36. The summed E-state index contributed by atoms with van der Waals surface area (Å²) in [7, 11) is 0. The molecule has 7 heteroatoms. The first-order valence-electron chi connectivity index (χ1n) is 6.64. The van der Waals surface area contributed by atoms with Crippen LogP contribution < -0.4 is 5.32 Å². The molecule has 0 bridgehead atoms. The molecule has 1 unspecified atom stereocenters. The van der Waals surface area contributed by atoms with Crippen LogP contribution in [0.1, 0.15) is 18.0 Å². The maximum Gasteiger partial charge on any atom is 0.349 e. The van der Waals surface area contributed by atoms with Crippen LogP contribution in [-0.4, -0.2) is 16.8 Å². The van der Waals surface area contributed by atoms with Gasteiger partial charge in [-0.05, 0) is 35.9 Å². The molecular weight excluding hydrogens is 359 g/mol. The van der Waals surface area contributed by atoms with E-state index in [1.807, 2.05) is 0 Å². The summed E-state index contributed by atoms with van der Waals surface area (Å²) in [6.45, 7) is 0. The first-order chi connectivity index (χ1) is 10.9. The largest absolute Gasteiger partial charge is 0.477 e. The van der Waals surface area contributed by atoms with Gasteiger partial charge in [-0.3, -0.25) is 5.41 Å². The van der Waals surface area contributed by atoms with Crippen molar-refractivity contribution in [3.63, 3.8) is 0 Å². The molecule has 2 rings (SSSR count). The molecule has 0 saturated heterocycles. The second-order valence-corrected chi connectivity index (χ2v) is 6.14. The van der Waals surface area contributed by atoms with E-state index in [-0.39, 0.29) is 6.42 Å². The molecule has 0 spiro atoms. The third-order valence-corrected chi connectivity index (χ3v) is 4.00. The van der Waals surface area contributed by atoms with E-state index < -0.39 is 17.7 Å². The van der Waals surface area contributed by atoms with Crippen LogP contribution in [0, 0.1) is 5.41 Å². The molecule has 4 nitrogen and oxygen atoms in total. The maximum atomic E-state index is 11.0.